The minimum atomic E-state index is -5.02. The molecule has 0 spiro atoms. The van der Waals surface area contributed by atoms with Crippen LogP contribution in [0.1, 0.15) is 65.0 Å². The molecule has 10 nitrogen and oxygen atoms in total. The van der Waals surface area contributed by atoms with Crippen molar-refractivity contribution in [3.05, 3.63) is 94.0 Å². The molecule has 4 atom stereocenters. The SMILES string of the molecule is COc1cc2c(cc1OC)CN(C[C@@H]1C[C@H](c3ccc(CO)cc3)O[C@H](c3ccc(CNC(=O)[C@@H]4CCCN4C(=O)C(F)(F)F)cc3)O1)CC2. The van der Waals surface area contributed by atoms with Crippen LogP contribution in [0.3, 0.4) is 0 Å². The maximum atomic E-state index is 13.0. The molecule has 6 rings (SSSR count). The first-order valence-corrected chi connectivity index (χ1v) is 16.8. The molecule has 0 aliphatic carbocycles. The zero-order chi connectivity index (χ0) is 35.4. The Hall–Kier alpha value is -4.17. The number of hydrogen-bond donors (Lipinski definition) is 2. The third kappa shape index (κ3) is 8.07. The van der Waals surface area contributed by atoms with Gasteiger partial charge in [-0.25, -0.2) is 0 Å². The molecular weight excluding hydrogens is 655 g/mol. The largest absolute Gasteiger partial charge is 0.493 e. The van der Waals surface area contributed by atoms with E-state index < -0.39 is 30.3 Å². The maximum Gasteiger partial charge on any atom is 0.471 e. The average Bonchev–Trinajstić information content (AvgIpc) is 3.62. The normalized spacial score (nSPS) is 22.6. The lowest BCUT2D eigenvalue weighted by atomic mass is 9.97. The molecule has 0 aromatic heterocycles. The molecule has 0 radical (unpaired) electrons. The quantitative estimate of drug-likeness (QED) is 0.306. The van der Waals surface area contributed by atoms with Crippen LogP contribution in [0, 0.1) is 0 Å². The van der Waals surface area contributed by atoms with Crippen molar-refractivity contribution in [1.82, 2.24) is 15.1 Å². The van der Waals surface area contributed by atoms with Crippen LogP contribution < -0.4 is 14.8 Å². The van der Waals surface area contributed by atoms with Gasteiger partial charge >= 0.3 is 12.1 Å². The second-order valence-corrected chi connectivity index (χ2v) is 12.9. The number of hydrogen-bond acceptors (Lipinski definition) is 8. The van der Waals surface area contributed by atoms with Crippen LogP contribution in [0.2, 0.25) is 0 Å². The van der Waals surface area contributed by atoms with Gasteiger partial charge in [0.25, 0.3) is 0 Å². The molecule has 3 aromatic carbocycles. The summed E-state index contributed by atoms with van der Waals surface area (Å²) in [6.45, 7) is 2.21. The zero-order valence-electron chi connectivity index (χ0n) is 28.1. The standard InChI is InChI=1S/C37H42F3N3O7/c1-47-32-16-27-13-15-42(20-28(27)17-33(32)48-2)21-29-18-31(25-9-7-24(22-44)8-10-25)50-35(49-29)26-11-5-23(6-12-26)19-41-34(45)30-4-3-14-43(30)36(46)37(38,39)40/h5-12,16-17,29-31,35,44H,3-4,13-15,18-22H2,1-2H3,(H,41,45)/t29-,30-,31+,35+/m0/s1. The lowest BCUT2D eigenvalue weighted by molar-refractivity contribution is -0.253. The number of ether oxygens (including phenoxy) is 4. The summed E-state index contributed by atoms with van der Waals surface area (Å²) in [6, 6.07) is 18.0. The molecule has 3 aromatic rings. The first-order chi connectivity index (χ1) is 24.1. The lowest BCUT2D eigenvalue weighted by Gasteiger charge is -2.39. The number of halogens is 3. The summed E-state index contributed by atoms with van der Waals surface area (Å²) in [5.74, 6) is -1.18. The van der Waals surface area contributed by atoms with Gasteiger partial charge in [0.05, 0.1) is 33.0 Å². The van der Waals surface area contributed by atoms with E-state index in [4.69, 9.17) is 18.9 Å². The summed E-state index contributed by atoms with van der Waals surface area (Å²) in [5, 5.41) is 12.2. The molecule has 3 aliphatic rings. The number of carbonyl (C=O) groups is 2. The molecular formula is C37H42F3N3O7. The summed E-state index contributed by atoms with van der Waals surface area (Å²) in [4.78, 5) is 27.5. The van der Waals surface area contributed by atoms with Crippen LogP contribution in [0.5, 0.6) is 11.5 Å². The van der Waals surface area contributed by atoms with E-state index in [0.717, 1.165) is 47.5 Å². The molecule has 268 valence electrons. The number of carbonyl (C=O) groups excluding carboxylic acids is 2. The van der Waals surface area contributed by atoms with Gasteiger partial charge in [-0.1, -0.05) is 48.5 Å². The Morgan fingerprint density at radius 1 is 0.920 bits per heavy atom. The number of nitrogens with one attached hydrogen (secondary N) is 1. The number of benzene rings is 3. The minimum Gasteiger partial charge on any atom is -0.493 e. The Kier molecular flexibility index (Phi) is 11.0. The van der Waals surface area contributed by atoms with E-state index in [0.29, 0.717) is 30.0 Å². The van der Waals surface area contributed by atoms with Gasteiger partial charge in [-0.15, -0.1) is 0 Å². The fourth-order valence-corrected chi connectivity index (χ4v) is 6.96. The Bertz CT molecular complexity index is 1650. The highest BCUT2D eigenvalue weighted by Gasteiger charge is 2.47. The van der Waals surface area contributed by atoms with Crippen LogP contribution in [0.25, 0.3) is 0 Å². The molecule has 3 aliphatic heterocycles. The number of likely N-dealkylation sites (tertiary alicyclic amines) is 1. The number of aliphatic hydroxyl groups is 1. The number of alkyl halides is 3. The van der Waals surface area contributed by atoms with Gasteiger partial charge in [-0.3, -0.25) is 14.5 Å². The number of nitrogens with zero attached hydrogens (tertiary/aromatic N) is 2. The van der Waals surface area contributed by atoms with Crippen LogP contribution in [-0.2, 0) is 45.2 Å². The zero-order valence-corrected chi connectivity index (χ0v) is 28.1. The van der Waals surface area contributed by atoms with Crippen molar-refractivity contribution in [3.63, 3.8) is 0 Å². The van der Waals surface area contributed by atoms with Crippen molar-refractivity contribution in [2.45, 2.75) is 76.1 Å². The summed E-state index contributed by atoms with van der Waals surface area (Å²) < 4.78 is 63.1. The van der Waals surface area contributed by atoms with Gasteiger partial charge in [0, 0.05) is 44.7 Å². The van der Waals surface area contributed by atoms with Crippen molar-refractivity contribution in [2.24, 2.45) is 0 Å². The fraction of sp³-hybridized carbons (Fsp3) is 0.459. The van der Waals surface area contributed by atoms with Crippen LogP contribution in [-0.4, -0.2) is 78.9 Å². The topological polar surface area (TPSA) is 110 Å². The molecule has 3 heterocycles. The second kappa shape index (κ2) is 15.4. The smallest absolute Gasteiger partial charge is 0.471 e. The fourth-order valence-electron chi connectivity index (χ4n) is 6.96. The van der Waals surface area contributed by atoms with E-state index in [1.807, 2.05) is 60.7 Å². The van der Waals surface area contributed by atoms with Crippen molar-refractivity contribution in [1.29, 1.82) is 0 Å². The van der Waals surface area contributed by atoms with Crippen molar-refractivity contribution >= 4 is 11.8 Å². The highest BCUT2D eigenvalue weighted by Crippen LogP contribution is 2.39. The first kappa shape index (κ1) is 35.6. The minimum absolute atomic E-state index is 0.0509. The number of rotatable bonds is 10. The van der Waals surface area contributed by atoms with Gasteiger partial charge in [0.15, 0.2) is 17.8 Å². The van der Waals surface area contributed by atoms with Gasteiger partial charge in [-0.05, 0) is 59.2 Å². The van der Waals surface area contributed by atoms with E-state index >= 15 is 0 Å². The van der Waals surface area contributed by atoms with Gasteiger partial charge in [-0.2, -0.15) is 13.2 Å². The average molecular weight is 698 g/mol. The predicted molar refractivity (Wildman–Crippen MR) is 176 cm³/mol. The Balaban J connectivity index is 1.13. The van der Waals surface area contributed by atoms with Crippen LogP contribution in [0.15, 0.2) is 60.7 Å². The first-order valence-electron chi connectivity index (χ1n) is 16.8. The van der Waals surface area contributed by atoms with Gasteiger partial charge < -0.3 is 34.3 Å². The Labute approximate surface area is 289 Å². The summed E-state index contributed by atoms with van der Waals surface area (Å²) >= 11 is 0. The Morgan fingerprint density at radius 2 is 1.58 bits per heavy atom. The highest BCUT2D eigenvalue weighted by molar-refractivity contribution is 5.90. The molecule has 2 amide bonds. The van der Waals surface area contributed by atoms with Crippen LogP contribution in [0.4, 0.5) is 13.2 Å². The van der Waals surface area contributed by atoms with E-state index in [9.17, 15) is 27.9 Å². The molecule has 13 heteroatoms. The number of aliphatic hydroxyl groups excluding tert-OH is 1. The van der Waals surface area contributed by atoms with Gasteiger partial charge in [0.2, 0.25) is 5.91 Å². The third-order valence-corrected chi connectivity index (χ3v) is 9.65. The van der Waals surface area contributed by atoms with Crippen molar-refractivity contribution in [2.75, 3.05) is 33.9 Å². The molecule has 0 bridgehead atoms. The van der Waals surface area contributed by atoms with Gasteiger partial charge in [0.1, 0.15) is 6.04 Å². The Morgan fingerprint density at radius 3 is 2.24 bits per heavy atom. The summed E-state index contributed by atoms with van der Waals surface area (Å²) in [5.41, 5.74) is 5.72. The van der Waals surface area contributed by atoms with E-state index in [-0.39, 0.29) is 38.3 Å². The predicted octanol–water partition coefficient (Wildman–Crippen LogP) is 4.97. The highest BCUT2D eigenvalue weighted by atomic mass is 19.4. The van der Waals surface area contributed by atoms with Crippen molar-refractivity contribution < 1.29 is 46.8 Å². The van der Waals surface area contributed by atoms with Crippen molar-refractivity contribution in [3.8, 4) is 11.5 Å². The molecule has 0 unspecified atom stereocenters. The third-order valence-electron chi connectivity index (χ3n) is 9.65. The van der Waals surface area contributed by atoms with E-state index in [1.54, 1.807) is 14.2 Å². The van der Waals surface area contributed by atoms with Crippen LogP contribution >= 0.6 is 0 Å². The monoisotopic (exact) mass is 697 g/mol. The molecule has 0 saturated carbocycles. The molecule has 2 N–H and O–H groups in total. The molecule has 50 heavy (non-hydrogen) atoms. The molecule has 2 saturated heterocycles. The summed E-state index contributed by atoms with van der Waals surface area (Å²) in [6.07, 6.45) is -4.12. The molecule has 2 fully saturated rings. The number of fused-ring (bicyclic) bond motifs is 1. The van der Waals surface area contributed by atoms with E-state index in [1.165, 1.54) is 11.1 Å². The number of amides is 2. The lowest BCUT2D eigenvalue weighted by Crippen LogP contribution is -2.50. The second-order valence-electron chi connectivity index (χ2n) is 12.9. The maximum absolute atomic E-state index is 13.0. The summed E-state index contributed by atoms with van der Waals surface area (Å²) in [7, 11) is 3.27. The number of methoxy groups -OCH3 is 2. The van der Waals surface area contributed by atoms with E-state index in [2.05, 4.69) is 10.2 Å².